The Morgan fingerprint density at radius 3 is 2.56 bits per heavy atom. The summed E-state index contributed by atoms with van der Waals surface area (Å²) in [6, 6.07) is 5.71. The Bertz CT molecular complexity index is 1330. The van der Waals surface area contributed by atoms with Gasteiger partial charge in [-0.3, -0.25) is 0 Å². The highest BCUT2D eigenvalue weighted by Gasteiger charge is 2.34. The van der Waals surface area contributed by atoms with E-state index < -0.39 is 0 Å². The van der Waals surface area contributed by atoms with Crippen LogP contribution in [0.15, 0.2) is 30.6 Å². The van der Waals surface area contributed by atoms with Gasteiger partial charge in [0.05, 0.1) is 13.2 Å². The van der Waals surface area contributed by atoms with Gasteiger partial charge in [-0.1, -0.05) is 11.6 Å². The van der Waals surface area contributed by atoms with E-state index in [0.29, 0.717) is 42.5 Å². The van der Waals surface area contributed by atoms with Crippen LogP contribution in [0.2, 0.25) is 10.3 Å². The van der Waals surface area contributed by atoms with Crippen LogP contribution in [0.1, 0.15) is 28.7 Å². The summed E-state index contributed by atoms with van der Waals surface area (Å²) in [5, 5.41) is 2.02. The van der Waals surface area contributed by atoms with Crippen LogP contribution in [-0.4, -0.2) is 62.8 Å². The number of aromatic amines is 1. The lowest BCUT2D eigenvalue weighted by Gasteiger charge is -2.36. The highest BCUT2D eigenvalue weighted by atomic mass is 35.5. The molecule has 0 spiro atoms. The maximum absolute atomic E-state index is 6.32. The van der Waals surface area contributed by atoms with Crippen molar-refractivity contribution in [2.24, 2.45) is 0 Å². The lowest BCUT2D eigenvalue weighted by Crippen LogP contribution is -2.38. The van der Waals surface area contributed by atoms with Gasteiger partial charge in [0.25, 0.3) is 0 Å². The fourth-order valence-corrected chi connectivity index (χ4v) is 5.16. The van der Waals surface area contributed by atoms with Gasteiger partial charge < -0.3 is 19.5 Å². The molecule has 1 aromatic carbocycles. The van der Waals surface area contributed by atoms with Crippen LogP contribution >= 0.6 is 23.2 Å². The second kappa shape index (κ2) is 8.65. The maximum Gasteiger partial charge on any atom is 0.230 e. The summed E-state index contributed by atoms with van der Waals surface area (Å²) in [4.78, 5) is 30.4. The average molecular weight is 497 g/mol. The van der Waals surface area contributed by atoms with Gasteiger partial charge in [0.15, 0.2) is 0 Å². The summed E-state index contributed by atoms with van der Waals surface area (Å²) in [5.41, 5.74) is 4.26. The molecule has 0 saturated carbocycles. The number of halogens is 2. The second-order valence-electron chi connectivity index (χ2n) is 8.42. The highest BCUT2D eigenvalue weighted by Crippen LogP contribution is 2.40. The van der Waals surface area contributed by atoms with Crippen LogP contribution in [0, 0.1) is 6.92 Å². The number of H-pyrrole nitrogens is 1. The van der Waals surface area contributed by atoms with E-state index in [1.165, 1.54) is 5.56 Å². The van der Waals surface area contributed by atoms with Crippen molar-refractivity contribution >= 4 is 46.0 Å². The number of nitrogens with zero attached hydrogens (tertiary/aromatic N) is 7. The normalized spacial score (nSPS) is 18.4. The molecule has 34 heavy (non-hydrogen) atoms. The lowest BCUT2D eigenvalue weighted by molar-refractivity contribution is 0.122. The summed E-state index contributed by atoms with van der Waals surface area (Å²) in [5.74, 6) is 1.81. The molecule has 0 aliphatic carbocycles. The quantitative estimate of drug-likeness (QED) is 0.458. The molecule has 5 heterocycles. The Morgan fingerprint density at radius 1 is 1.00 bits per heavy atom. The zero-order valence-corrected chi connectivity index (χ0v) is 20.0. The first-order chi connectivity index (χ1) is 16.6. The number of rotatable bonds is 3. The number of hydrogen-bond acceptors (Lipinski definition) is 8. The van der Waals surface area contributed by atoms with E-state index >= 15 is 0 Å². The van der Waals surface area contributed by atoms with Crippen molar-refractivity contribution in [3.63, 3.8) is 0 Å². The molecule has 1 unspecified atom stereocenters. The predicted molar refractivity (Wildman–Crippen MR) is 131 cm³/mol. The molecule has 9 nitrogen and oxygen atoms in total. The van der Waals surface area contributed by atoms with Crippen LogP contribution in [0.3, 0.4) is 0 Å². The van der Waals surface area contributed by atoms with Crippen LogP contribution in [0.25, 0.3) is 10.9 Å². The van der Waals surface area contributed by atoms with Crippen molar-refractivity contribution in [3.8, 4) is 0 Å². The zero-order chi connectivity index (χ0) is 23.2. The van der Waals surface area contributed by atoms with Gasteiger partial charge in [0.1, 0.15) is 11.9 Å². The van der Waals surface area contributed by atoms with E-state index in [0.717, 1.165) is 41.7 Å². The molecule has 0 amide bonds. The SMILES string of the molecule is Cc1nc(Cl)nc(N2CCc3c([nH]c4ccc(Cl)cc34)C2c2cnc(N3CCOCC3)nc2)n1. The van der Waals surface area contributed by atoms with Crippen LogP contribution < -0.4 is 9.80 Å². The highest BCUT2D eigenvalue weighted by molar-refractivity contribution is 6.31. The molecule has 1 fully saturated rings. The van der Waals surface area contributed by atoms with E-state index in [1.54, 1.807) is 0 Å². The minimum absolute atomic E-state index is 0.175. The van der Waals surface area contributed by atoms with Gasteiger partial charge in [-0.05, 0) is 48.7 Å². The molecular weight excluding hydrogens is 475 g/mol. The van der Waals surface area contributed by atoms with E-state index in [1.807, 2.05) is 37.5 Å². The van der Waals surface area contributed by atoms with Crippen LogP contribution in [-0.2, 0) is 11.2 Å². The third kappa shape index (κ3) is 3.83. The van der Waals surface area contributed by atoms with Crippen molar-refractivity contribution in [1.29, 1.82) is 0 Å². The Morgan fingerprint density at radius 2 is 1.79 bits per heavy atom. The molecule has 4 aromatic rings. The zero-order valence-electron chi connectivity index (χ0n) is 18.5. The number of ether oxygens (including phenoxy) is 1. The first kappa shape index (κ1) is 21.5. The number of aryl methyl sites for hydroxylation is 1. The summed E-state index contributed by atoms with van der Waals surface area (Å²) >= 11 is 12.5. The van der Waals surface area contributed by atoms with Crippen LogP contribution in [0.5, 0.6) is 0 Å². The Labute approximate surface area is 206 Å². The molecule has 2 aliphatic rings. The Kier molecular flexibility index (Phi) is 5.47. The third-order valence-corrected chi connectivity index (χ3v) is 6.73. The maximum atomic E-state index is 6.32. The van der Waals surface area contributed by atoms with Crippen molar-refractivity contribution in [2.45, 2.75) is 19.4 Å². The monoisotopic (exact) mass is 496 g/mol. The number of nitrogens with one attached hydrogen (secondary N) is 1. The van der Waals surface area contributed by atoms with Crippen molar-refractivity contribution in [3.05, 3.63) is 63.5 Å². The van der Waals surface area contributed by atoms with Crippen molar-refractivity contribution in [2.75, 3.05) is 42.6 Å². The van der Waals surface area contributed by atoms with Crippen LogP contribution in [0.4, 0.5) is 11.9 Å². The summed E-state index contributed by atoms with van der Waals surface area (Å²) in [6.45, 7) is 5.44. The van der Waals surface area contributed by atoms with E-state index in [2.05, 4.69) is 29.7 Å². The number of aromatic nitrogens is 6. The number of fused-ring (bicyclic) bond motifs is 3. The second-order valence-corrected chi connectivity index (χ2v) is 9.20. The fraction of sp³-hybridized carbons (Fsp3) is 0.348. The van der Waals surface area contributed by atoms with E-state index in [4.69, 9.17) is 37.9 Å². The number of hydrogen-bond donors (Lipinski definition) is 1. The summed E-state index contributed by atoms with van der Waals surface area (Å²) in [6.07, 6.45) is 4.58. The lowest BCUT2D eigenvalue weighted by atomic mass is 9.94. The number of anilines is 2. The summed E-state index contributed by atoms with van der Waals surface area (Å²) < 4.78 is 5.45. The van der Waals surface area contributed by atoms with Gasteiger partial charge in [0.2, 0.25) is 17.2 Å². The van der Waals surface area contributed by atoms with E-state index in [9.17, 15) is 0 Å². The predicted octanol–water partition coefficient (Wildman–Crippen LogP) is 3.75. The Balaban J connectivity index is 1.46. The molecule has 11 heteroatoms. The minimum Gasteiger partial charge on any atom is -0.378 e. The molecule has 3 aromatic heterocycles. The summed E-state index contributed by atoms with van der Waals surface area (Å²) in [7, 11) is 0. The molecular formula is C23H22Cl2N8O. The molecule has 0 radical (unpaired) electrons. The molecule has 0 bridgehead atoms. The fourth-order valence-electron chi connectivity index (χ4n) is 4.79. The van der Waals surface area contributed by atoms with Gasteiger partial charge in [-0.2, -0.15) is 9.97 Å². The molecule has 1 saturated heterocycles. The smallest absolute Gasteiger partial charge is 0.230 e. The van der Waals surface area contributed by atoms with Gasteiger partial charge in [-0.25, -0.2) is 15.0 Å². The molecule has 2 aliphatic heterocycles. The Hall–Kier alpha value is -3.01. The topological polar surface area (TPSA) is 96.0 Å². The number of morpholine rings is 1. The van der Waals surface area contributed by atoms with E-state index in [-0.39, 0.29) is 11.3 Å². The van der Waals surface area contributed by atoms with Crippen molar-refractivity contribution < 1.29 is 4.74 Å². The largest absolute Gasteiger partial charge is 0.378 e. The molecule has 6 rings (SSSR count). The molecule has 1 N–H and O–H groups in total. The minimum atomic E-state index is -0.216. The van der Waals surface area contributed by atoms with Gasteiger partial charge in [0, 0.05) is 59.2 Å². The standard InChI is InChI=1S/C23H22Cl2N8O/c1-13-28-21(25)31-23(29-13)33-5-4-16-17-10-15(24)2-3-18(17)30-19(16)20(33)14-11-26-22(27-12-14)32-6-8-34-9-7-32/h2-3,10-12,20,30H,4-9H2,1H3. The molecule has 174 valence electrons. The van der Waals surface area contributed by atoms with Gasteiger partial charge in [-0.15, -0.1) is 0 Å². The first-order valence-electron chi connectivity index (χ1n) is 11.2. The molecule has 1 atom stereocenters. The third-order valence-electron chi connectivity index (χ3n) is 6.32. The van der Waals surface area contributed by atoms with Gasteiger partial charge >= 0.3 is 0 Å². The average Bonchev–Trinajstić information content (AvgIpc) is 3.21. The first-order valence-corrected chi connectivity index (χ1v) is 11.9. The number of benzene rings is 1. The van der Waals surface area contributed by atoms with Crippen molar-refractivity contribution in [1.82, 2.24) is 29.9 Å².